The zero-order chi connectivity index (χ0) is 13.2. The molecule has 1 radical (unpaired) electrons. The molecule has 0 aliphatic carbocycles. The summed E-state index contributed by atoms with van der Waals surface area (Å²) < 4.78 is 5.18. The predicted molar refractivity (Wildman–Crippen MR) is 70.5 cm³/mol. The van der Waals surface area contributed by atoms with Crippen molar-refractivity contribution >= 4 is 17.2 Å². The third-order valence-corrected chi connectivity index (χ3v) is 2.77. The summed E-state index contributed by atoms with van der Waals surface area (Å²) in [5, 5.41) is 0.278. The van der Waals surface area contributed by atoms with Crippen molar-refractivity contribution in [1.29, 1.82) is 0 Å². The van der Waals surface area contributed by atoms with Crippen LogP contribution in [0.3, 0.4) is 0 Å². The van der Waals surface area contributed by atoms with Gasteiger partial charge in [0.15, 0.2) is 0 Å². The molecule has 0 unspecified atom stereocenters. The molecule has 91 valence electrons. The molecule has 0 spiro atoms. The Labute approximate surface area is 108 Å². The fraction of sp³-hybridized carbons (Fsp3) is 0. The number of rotatable bonds is 2. The number of fused-ring (bicyclic) bond motifs is 1. The maximum Gasteiger partial charge on any atom is 0.347 e. The number of benzene rings is 2. The number of hydrogen-bond donors (Lipinski definition) is 0. The molecule has 1 aromatic heterocycles. The second-order valence-electron chi connectivity index (χ2n) is 4.01. The van der Waals surface area contributed by atoms with E-state index in [9.17, 15) is 9.59 Å². The SMILES string of the molecule is O=[C]c1ccc2nc(-c3ccccc3)oc(=O)c2c1. The van der Waals surface area contributed by atoms with Crippen LogP contribution in [-0.4, -0.2) is 11.3 Å². The van der Waals surface area contributed by atoms with Crippen LogP contribution in [0.4, 0.5) is 0 Å². The molecule has 0 saturated carbocycles. The fourth-order valence-corrected chi connectivity index (χ4v) is 1.84. The highest BCUT2D eigenvalue weighted by atomic mass is 16.4. The van der Waals surface area contributed by atoms with Gasteiger partial charge in [0.1, 0.15) is 0 Å². The number of aromatic nitrogens is 1. The molecule has 0 N–H and O–H groups in total. The molecular weight excluding hydrogens is 242 g/mol. The van der Waals surface area contributed by atoms with Crippen LogP contribution in [0.5, 0.6) is 0 Å². The average Bonchev–Trinajstić information content (AvgIpc) is 2.48. The van der Waals surface area contributed by atoms with Crippen molar-refractivity contribution in [2.75, 3.05) is 0 Å². The van der Waals surface area contributed by atoms with E-state index in [1.165, 1.54) is 6.07 Å². The molecule has 3 rings (SSSR count). The zero-order valence-electron chi connectivity index (χ0n) is 9.79. The van der Waals surface area contributed by atoms with Crippen LogP contribution in [0.25, 0.3) is 22.4 Å². The average molecular weight is 250 g/mol. The number of nitrogens with zero attached hydrogens (tertiary/aromatic N) is 1. The van der Waals surface area contributed by atoms with Gasteiger partial charge in [-0.25, -0.2) is 9.78 Å². The van der Waals surface area contributed by atoms with Crippen molar-refractivity contribution in [3.63, 3.8) is 0 Å². The Balaban J connectivity index is 2.26. The van der Waals surface area contributed by atoms with Gasteiger partial charge in [0.25, 0.3) is 0 Å². The number of carbonyl (C=O) groups excluding carboxylic acids is 1. The van der Waals surface area contributed by atoms with Gasteiger partial charge in [0, 0.05) is 11.1 Å². The van der Waals surface area contributed by atoms with Crippen LogP contribution >= 0.6 is 0 Å². The van der Waals surface area contributed by atoms with E-state index < -0.39 is 5.63 Å². The van der Waals surface area contributed by atoms with Crippen LogP contribution in [0, 0.1) is 0 Å². The minimum Gasteiger partial charge on any atom is -0.403 e. The van der Waals surface area contributed by atoms with Gasteiger partial charge in [0.05, 0.1) is 10.9 Å². The van der Waals surface area contributed by atoms with Crippen molar-refractivity contribution in [2.24, 2.45) is 0 Å². The topological polar surface area (TPSA) is 60.2 Å². The van der Waals surface area contributed by atoms with Crippen molar-refractivity contribution in [2.45, 2.75) is 0 Å². The molecule has 0 aliphatic heterocycles. The second-order valence-corrected chi connectivity index (χ2v) is 4.01. The van der Waals surface area contributed by atoms with Gasteiger partial charge < -0.3 is 4.42 Å². The lowest BCUT2D eigenvalue weighted by molar-refractivity contribution is 0.518. The van der Waals surface area contributed by atoms with Crippen LogP contribution < -0.4 is 5.63 Å². The molecule has 19 heavy (non-hydrogen) atoms. The minimum atomic E-state index is -0.513. The molecule has 0 aliphatic rings. The van der Waals surface area contributed by atoms with Crippen LogP contribution in [0.1, 0.15) is 5.56 Å². The number of hydrogen-bond acceptors (Lipinski definition) is 4. The molecule has 0 bridgehead atoms. The molecule has 0 amide bonds. The maximum absolute atomic E-state index is 11.9. The summed E-state index contributed by atoms with van der Waals surface area (Å²) in [7, 11) is 0. The Hall–Kier alpha value is -2.75. The van der Waals surface area contributed by atoms with Crippen LogP contribution in [-0.2, 0) is 4.79 Å². The zero-order valence-corrected chi connectivity index (χ0v) is 9.79. The third-order valence-electron chi connectivity index (χ3n) is 2.77. The van der Waals surface area contributed by atoms with E-state index in [0.29, 0.717) is 11.1 Å². The van der Waals surface area contributed by atoms with Gasteiger partial charge in [-0.3, -0.25) is 4.79 Å². The molecule has 0 fully saturated rings. The van der Waals surface area contributed by atoms with Crippen molar-refractivity contribution < 1.29 is 9.21 Å². The van der Waals surface area contributed by atoms with E-state index in [0.717, 1.165) is 5.56 Å². The Bertz CT molecular complexity index is 806. The van der Waals surface area contributed by atoms with Crippen LogP contribution in [0.2, 0.25) is 0 Å². The highest BCUT2D eigenvalue weighted by molar-refractivity contribution is 5.86. The van der Waals surface area contributed by atoms with E-state index in [-0.39, 0.29) is 11.3 Å². The standard InChI is InChI=1S/C15H8NO3/c17-9-10-6-7-13-12(8-10)15(18)19-14(16-13)11-4-2-1-3-5-11/h1-8H. The quantitative estimate of drug-likeness (QED) is 0.700. The van der Waals surface area contributed by atoms with Gasteiger partial charge in [-0.15, -0.1) is 0 Å². The third kappa shape index (κ3) is 2.04. The van der Waals surface area contributed by atoms with E-state index in [1.54, 1.807) is 18.4 Å². The lowest BCUT2D eigenvalue weighted by Gasteiger charge is -2.01. The van der Waals surface area contributed by atoms with Crippen molar-refractivity contribution in [1.82, 2.24) is 4.98 Å². The van der Waals surface area contributed by atoms with Gasteiger partial charge >= 0.3 is 5.63 Å². The minimum absolute atomic E-state index is 0.265. The molecule has 0 saturated heterocycles. The summed E-state index contributed by atoms with van der Waals surface area (Å²) in [4.78, 5) is 26.8. The first-order chi connectivity index (χ1) is 9.28. The van der Waals surface area contributed by atoms with Crippen LogP contribution in [0.15, 0.2) is 57.7 Å². The molecular formula is C15H8NO3. The summed E-state index contributed by atoms with van der Waals surface area (Å²) in [6, 6.07) is 13.8. The largest absolute Gasteiger partial charge is 0.403 e. The van der Waals surface area contributed by atoms with Gasteiger partial charge in [-0.2, -0.15) is 0 Å². The van der Waals surface area contributed by atoms with Gasteiger partial charge in [0.2, 0.25) is 12.2 Å². The smallest absolute Gasteiger partial charge is 0.347 e. The fourth-order valence-electron chi connectivity index (χ4n) is 1.84. The highest BCUT2D eigenvalue weighted by Crippen LogP contribution is 2.18. The molecule has 4 heteroatoms. The summed E-state index contributed by atoms with van der Waals surface area (Å²) in [5.74, 6) is 0.265. The molecule has 3 aromatic rings. The monoisotopic (exact) mass is 250 g/mol. The van der Waals surface area contributed by atoms with Gasteiger partial charge in [-0.05, 0) is 30.3 Å². The lowest BCUT2D eigenvalue weighted by Crippen LogP contribution is -2.03. The Kier molecular flexibility index (Phi) is 2.68. The highest BCUT2D eigenvalue weighted by Gasteiger charge is 2.08. The maximum atomic E-state index is 11.9. The molecule has 2 aromatic carbocycles. The summed E-state index contributed by atoms with van der Waals surface area (Å²) in [6.07, 6.45) is 1.73. The van der Waals surface area contributed by atoms with E-state index >= 15 is 0 Å². The summed E-state index contributed by atoms with van der Waals surface area (Å²) in [5.41, 5.74) is 1.01. The summed E-state index contributed by atoms with van der Waals surface area (Å²) >= 11 is 0. The first-order valence-electron chi connectivity index (χ1n) is 5.66. The first kappa shape index (κ1) is 11.3. The Morgan fingerprint density at radius 3 is 2.58 bits per heavy atom. The van der Waals surface area contributed by atoms with Crippen molar-refractivity contribution in [3.8, 4) is 11.5 Å². The molecule has 1 heterocycles. The lowest BCUT2D eigenvalue weighted by atomic mass is 10.1. The molecule has 4 nitrogen and oxygen atoms in total. The van der Waals surface area contributed by atoms with E-state index in [1.807, 2.05) is 30.3 Å². The van der Waals surface area contributed by atoms with E-state index in [4.69, 9.17) is 4.42 Å². The molecule has 0 atom stereocenters. The Morgan fingerprint density at radius 2 is 1.84 bits per heavy atom. The normalized spacial score (nSPS) is 10.5. The Morgan fingerprint density at radius 1 is 1.05 bits per heavy atom. The first-order valence-corrected chi connectivity index (χ1v) is 5.66. The predicted octanol–water partition coefficient (Wildman–Crippen LogP) is 2.31. The van der Waals surface area contributed by atoms with E-state index in [2.05, 4.69) is 4.98 Å². The summed E-state index contributed by atoms with van der Waals surface area (Å²) in [6.45, 7) is 0. The van der Waals surface area contributed by atoms with Gasteiger partial charge in [-0.1, -0.05) is 18.2 Å². The second kappa shape index (κ2) is 4.49. The van der Waals surface area contributed by atoms with Crippen molar-refractivity contribution in [3.05, 3.63) is 64.5 Å².